The fourth-order valence-corrected chi connectivity index (χ4v) is 4.43. The molecule has 2 aromatic rings. The summed E-state index contributed by atoms with van der Waals surface area (Å²) in [6.07, 6.45) is 2.95. The number of halogens is 1. The van der Waals surface area contributed by atoms with Crippen molar-refractivity contribution in [1.82, 2.24) is 14.9 Å². The highest BCUT2D eigenvalue weighted by Gasteiger charge is 2.19. The molecule has 30 heavy (non-hydrogen) atoms. The number of rotatable bonds is 7. The number of thioether (sulfide) groups is 1. The molecular formula is C22H30ClN5OS. The second-order valence-corrected chi connectivity index (χ2v) is 8.70. The minimum Gasteiger partial charge on any atom is -0.367 e. The summed E-state index contributed by atoms with van der Waals surface area (Å²) in [6, 6.07) is 5.73. The molecule has 1 saturated heterocycles. The number of carbonyl (C=O) groups excluding carboxylic acids is 1. The Hall–Kier alpha value is -1.83. The van der Waals surface area contributed by atoms with Crippen molar-refractivity contribution < 1.29 is 4.79 Å². The molecule has 1 aromatic carbocycles. The number of aryl methyl sites for hydroxylation is 2. The van der Waals surface area contributed by atoms with E-state index in [0.29, 0.717) is 17.9 Å². The van der Waals surface area contributed by atoms with E-state index < -0.39 is 0 Å². The van der Waals surface area contributed by atoms with Gasteiger partial charge in [0, 0.05) is 49.0 Å². The quantitative estimate of drug-likeness (QED) is 0.507. The second-order valence-electron chi connectivity index (χ2n) is 7.49. The molecule has 0 atom stereocenters. The highest BCUT2D eigenvalue weighted by Crippen LogP contribution is 2.30. The van der Waals surface area contributed by atoms with Crippen LogP contribution in [0.1, 0.15) is 30.3 Å². The number of nitrogens with one attached hydrogen (secondary N) is 1. The Labute approximate surface area is 188 Å². The van der Waals surface area contributed by atoms with Crippen molar-refractivity contribution in [3.8, 4) is 0 Å². The Kier molecular flexibility index (Phi) is 7.97. The lowest BCUT2D eigenvalue weighted by Crippen LogP contribution is -2.46. The number of carbonyl (C=O) groups is 1. The van der Waals surface area contributed by atoms with Crippen molar-refractivity contribution in [2.45, 2.75) is 38.8 Å². The van der Waals surface area contributed by atoms with Crippen LogP contribution in [0, 0.1) is 13.8 Å². The van der Waals surface area contributed by atoms with Crippen molar-refractivity contribution >= 4 is 40.6 Å². The number of likely N-dealkylation sites (N-methyl/N-ethyl adjacent to an activating group) is 1. The van der Waals surface area contributed by atoms with Gasteiger partial charge in [-0.25, -0.2) is 9.97 Å². The summed E-state index contributed by atoms with van der Waals surface area (Å²) in [4.78, 5) is 26.5. The monoisotopic (exact) mass is 447 g/mol. The number of benzene rings is 1. The first-order valence-electron chi connectivity index (χ1n) is 10.4. The first-order chi connectivity index (χ1) is 14.4. The summed E-state index contributed by atoms with van der Waals surface area (Å²) in [7, 11) is 0. The fraction of sp³-hybridized carbons (Fsp3) is 0.500. The van der Waals surface area contributed by atoms with Gasteiger partial charge in [-0.2, -0.15) is 0 Å². The summed E-state index contributed by atoms with van der Waals surface area (Å²) < 4.78 is 0. The van der Waals surface area contributed by atoms with Crippen molar-refractivity contribution in [1.29, 1.82) is 0 Å². The number of anilines is 2. The molecule has 0 aliphatic carbocycles. The predicted molar refractivity (Wildman–Crippen MR) is 126 cm³/mol. The Morgan fingerprint density at radius 1 is 1.17 bits per heavy atom. The van der Waals surface area contributed by atoms with Crippen LogP contribution in [-0.2, 0) is 11.2 Å². The largest absolute Gasteiger partial charge is 0.367 e. The molecule has 8 heteroatoms. The smallest absolute Gasteiger partial charge is 0.224 e. The molecule has 1 N–H and O–H groups in total. The van der Waals surface area contributed by atoms with Crippen molar-refractivity contribution in [2.24, 2.45) is 0 Å². The van der Waals surface area contributed by atoms with Crippen LogP contribution in [0.5, 0.6) is 0 Å². The SMILES string of the molecule is CCN1CCN(c2ccc(Cl)cc2NC(=O)CCc2c(C)nc(SC)nc2C)CC1. The number of hydrogen-bond acceptors (Lipinski definition) is 6. The van der Waals surface area contributed by atoms with E-state index in [9.17, 15) is 4.79 Å². The van der Waals surface area contributed by atoms with Crippen LogP contribution >= 0.6 is 23.4 Å². The minimum atomic E-state index is -0.0292. The average molecular weight is 448 g/mol. The minimum absolute atomic E-state index is 0.0292. The lowest BCUT2D eigenvalue weighted by Gasteiger charge is -2.36. The van der Waals surface area contributed by atoms with Gasteiger partial charge < -0.3 is 15.1 Å². The molecule has 6 nitrogen and oxygen atoms in total. The number of hydrogen-bond donors (Lipinski definition) is 1. The molecule has 1 amide bonds. The zero-order valence-electron chi connectivity index (χ0n) is 18.2. The van der Waals surface area contributed by atoms with E-state index in [1.807, 2.05) is 38.3 Å². The third-order valence-corrected chi connectivity index (χ3v) is 6.36. The van der Waals surface area contributed by atoms with Gasteiger partial charge in [0.15, 0.2) is 5.16 Å². The van der Waals surface area contributed by atoms with E-state index in [4.69, 9.17) is 11.6 Å². The lowest BCUT2D eigenvalue weighted by molar-refractivity contribution is -0.116. The van der Waals surface area contributed by atoms with Gasteiger partial charge in [0.1, 0.15) is 0 Å². The molecule has 0 unspecified atom stereocenters. The molecule has 0 bridgehead atoms. The van der Waals surface area contributed by atoms with Gasteiger partial charge in [0.25, 0.3) is 0 Å². The summed E-state index contributed by atoms with van der Waals surface area (Å²) in [5.74, 6) is -0.0292. The van der Waals surface area contributed by atoms with E-state index in [1.165, 1.54) is 11.8 Å². The highest BCUT2D eigenvalue weighted by molar-refractivity contribution is 7.98. The Morgan fingerprint density at radius 3 is 2.43 bits per heavy atom. The van der Waals surface area contributed by atoms with Crippen LogP contribution in [0.15, 0.2) is 23.4 Å². The Balaban J connectivity index is 1.68. The van der Waals surface area contributed by atoms with E-state index in [-0.39, 0.29) is 5.91 Å². The maximum atomic E-state index is 12.8. The first-order valence-corrected chi connectivity index (χ1v) is 12.0. The molecular weight excluding hydrogens is 418 g/mol. The van der Waals surface area contributed by atoms with E-state index in [2.05, 4.69) is 32.0 Å². The highest BCUT2D eigenvalue weighted by atomic mass is 35.5. The molecule has 3 rings (SSSR count). The van der Waals surface area contributed by atoms with Crippen LogP contribution in [0.25, 0.3) is 0 Å². The van der Waals surface area contributed by atoms with Gasteiger partial charge >= 0.3 is 0 Å². The summed E-state index contributed by atoms with van der Waals surface area (Å²) in [5, 5.41) is 4.47. The molecule has 1 aromatic heterocycles. The van der Waals surface area contributed by atoms with Gasteiger partial charge in [0.05, 0.1) is 11.4 Å². The van der Waals surface area contributed by atoms with Crippen LogP contribution in [0.2, 0.25) is 5.02 Å². The van der Waals surface area contributed by atoms with Gasteiger partial charge in [-0.3, -0.25) is 4.79 Å². The molecule has 2 heterocycles. The van der Waals surface area contributed by atoms with E-state index in [1.54, 1.807) is 0 Å². The molecule has 162 valence electrons. The zero-order chi connectivity index (χ0) is 21.7. The predicted octanol–water partition coefficient (Wildman–Crippen LogP) is 4.18. The zero-order valence-corrected chi connectivity index (χ0v) is 19.7. The lowest BCUT2D eigenvalue weighted by atomic mass is 10.1. The van der Waals surface area contributed by atoms with Crippen molar-refractivity contribution in [3.05, 3.63) is 40.2 Å². The van der Waals surface area contributed by atoms with Crippen LogP contribution in [0.3, 0.4) is 0 Å². The van der Waals surface area contributed by atoms with Gasteiger partial charge in [-0.1, -0.05) is 30.3 Å². The molecule has 1 fully saturated rings. The molecule has 0 radical (unpaired) electrons. The maximum absolute atomic E-state index is 12.8. The van der Waals surface area contributed by atoms with Gasteiger partial charge in [0.2, 0.25) is 5.91 Å². The van der Waals surface area contributed by atoms with Crippen LogP contribution in [-0.4, -0.2) is 59.8 Å². The molecule has 1 aliphatic heterocycles. The molecule has 0 spiro atoms. The molecule has 1 aliphatic rings. The van der Waals surface area contributed by atoms with E-state index >= 15 is 0 Å². The third-order valence-electron chi connectivity index (χ3n) is 5.58. The number of aromatic nitrogens is 2. The van der Waals surface area contributed by atoms with Crippen molar-refractivity contribution in [3.63, 3.8) is 0 Å². The Bertz CT molecular complexity index is 876. The number of nitrogens with zero attached hydrogens (tertiary/aromatic N) is 4. The summed E-state index contributed by atoms with van der Waals surface area (Å²) >= 11 is 7.76. The third kappa shape index (κ3) is 5.65. The Morgan fingerprint density at radius 2 is 1.83 bits per heavy atom. The average Bonchev–Trinajstić information content (AvgIpc) is 2.73. The standard InChI is InChI=1S/C22H30ClN5OS/c1-5-27-10-12-28(13-11-27)20-8-6-17(23)14-19(20)26-21(29)9-7-18-15(2)24-22(30-4)25-16(18)3/h6,8,14H,5,7,9-13H2,1-4H3,(H,26,29). The first kappa shape index (κ1) is 22.8. The topological polar surface area (TPSA) is 61.4 Å². The number of amides is 1. The van der Waals surface area contributed by atoms with Crippen LogP contribution in [0.4, 0.5) is 11.4 Å². The second kappa shape index (κ2) is 10.5. The number of piperazine rings is 1. The summed E-state index contributed by atoms with van der Waals surface area (Å²) in [5.41, 5.74) is 4.74. The van der Waals surface area contributed by atoms with Gasteiger partial charge in [-0.15, -0.1) is 0 Å². The summed E-state index contributed by atoms with van der Waals surface area (Å²) in [6.45, 7) is 11.1. The maximum Gasteiger partial charge on any atom is 0.224 e. The van der Waals surface area contributed by atoms with Crippen molar-refractivity contribution in [2.75, 3.05) is 49.2 Å². The normalized spacial score (nSPS) is 14.8. The van der Waals surface area contributed by atoms with Crippen LogP contribution < -0.4 is 10.2 Å². The fourth-order valence-electron chi connectivity index (χ4n) is 3.80. The van der Waals surface area contributed by atoms with E-state index in [0.717, 1.165) is 66.2 Å². The molecule has 0 saturated carbocycles. The van der Waals surface area contributed by atoms with Gasteiger partial charge in [-0.05, 0) is 56.8 Å².